The lowest BCUT2D eigenvalue weighted by atomic mass is 10.1. The van der Waals surface area contributed by atoms with Gasteiger partial charge in [-0.1, -0.05) is 41.9 Å². The summed E-state index contributed by atoms with van der Waals surface area (Å²) in [5, 5.41) is 3.31. The van der Waals surface area contributed by atoms with Crippen LogP contribution in [0.25, 0.3) is 0 Å². The zero-order chi connectivity index (χ0) is 28.7. The molecule has 0 aliphatic heterocycles. The van der Waals surface area contributed by atoms with Crippen LogP contribution in [0.3, 0.4) is 0 Å². The summed E-state index contributed by atoms with van der Waals surface area (Å²) in [5.41, 5.74) is 2.89. The Kier molecular flexibility index (Phi) is 9.63. The molecular weight excluding hydrogens is 568 g/mol. The first kappa shape index (κ1) is 29.3. The fraction of sp³-hybridized carbons (Fsp3) is 0.167. The minimum Gasteiger partial charge on any atom is -0.493 e. The second kappa shape index (κ2) is 13.1. The van der Waals surface area contributed by atoms with E-state index in [4.69, 9.17) is 21.1 Å². The summed E-state index contributed by atoms with van der Waals surface area (Å²) in [4.78, 5) is 14.3. The maximum absolute atomic E-state index is 13.8. The molecule has 0 atom stereocenters. The van der Waals surface area contributed by atoms with Crippen molar-refractivity contribution < 1.29 is 22.7 Å². The van der Waals surface area contributed by atoms with E-state index in [0.29, 0.717) is 22.1 Å². The van der Waals surface area contributed by atoms with Gasteiger partial charge in [-0.05, 0) is 72.6 Å². The molecule has 0 aromatic heterocycles. The zero-order valence-electron chi connectivity index (χ0n) is 22.3. The molecule has 4 rings (SSSR count). The summed E-state index contributed by atoms with van der Waals surface area (Å²) >= 11 is 7.77. The third-order valence-corrected chi connectivity index (χ3v) is 9.16. The van der Waals surface area contributed by atoms with Crippen LogP contribution in [-0.4, -0.2) is 35.1 Å². The Morgan fingerprint density at radius 3 is 2.25 bits per heavy atom. The molecule has 0 aliphatic rings. The number of methoxy groups -OCH3 is 2. The first-order chi connectivity index (χ1) is 19.2. The van der Waals surface area contributed by atoms with Crippen molar-refractivity contribution in [1.29, 1.82) is 0 Å². The van der Waals surface area contributed by atoms with E-state index in [1.165, 1.54) is 37.3 Å². The van der Waals surface area contributed by atoms with Crippen molar-refractivity contribution in [1.82, 2.24) is 0 Å². The van der Waals surface area contributed by atoms with Crippen LogP contribution in [0.5, 0.6) is 11.5 Å². The fourth-order valence-electron chi connectivity index (χ4n) is 3.99. The Labute approximate surface area is 244 Å². The minimum atomic E-state index is -4.17. The van der Waals surface area contributed by atoms with E-state index in [2.05, 4.69) is 17.4 Å². The Morgan fingerprint density at radius 1 is 0.900 bits per heavy atom. The standard InChI is InChI=1S/C30H29ClN2O5S2/c1-21-17-22(20-39-25-7-5-4-6-8-25)9-15-27(21)32-30(34)19-33(24-12-10-23(31)11-13-24)40(35,36)26-14-16-28(37-2)29(18-26)38-3/h4-18H,19-20H2,1-3H3,(H,32,34). The van der Waals surface area contributed by atoms with Crippen LogP contribution in [-0.2, 0) is 20.6 Å². The molecule has 0 bridgehead atoms. The number of carbonyl (C=O) groups excluding carboxylic acids is 1. The van der Waals surface area contributed by atoms with Gasteiger partial charge in [0.25, 0.3) is 10.0 Å². The van der Waals surface area contributed by atoms with Gasteiger partial charge in [0.2, 0.25) is 5.91 Å². The van der Waals surface area contributed by atoms with Crippen molar-refractivity contribution in [3.63, 3.8) is 0 Å². The van der Waals surface area contributed by atoms with E-state index >= 15 is 0 Å². The summed E-state index contributed by atoms with van der Waals surface area (Å²) in [6.45, 7) is 1.45. The lowest BCUT2D eigenvalue weighted by Gasteiger charge is -2.25. The highest BCUT2D eigenvalue weighted by Gasteiger charge is 2.28. The number of thioether (sulfide) groups is 1. The number of hydrogen-bond acceptors (Lipinski definition) is 6. The quantitative estimate of drug-likeness (QED) is 0.192. The summed E-state index contributed by atoms with van der Waals surface area (Å²) < 4.78 is 39.1. The maximum atomic E-state index is 13.8. The second-order valence-corrected chi connectivity index (χ2v) is 12.2. The number of nitrogens with one attached hydrogen (secondary N) is 1. The van der Waals surface area contributed by atoms with Crippen LogP contribution in [0, 0.1) is 6.92 Å². The van der Waals surface area contributed by atoms with Crippen molar-refractivity contribution in [3.05, 3.63) is 107 Å². The van der Waals surface area contributed by atoms with Gasteiger partial charge >= 0.3 is 0 Å². The van der Waals surface area contributed by atoms with Gasteiger partial charge in [-0.2, -0.15) is 0 Å². The Morgan fingerprint density at radius 2 is 1.60 bits per heavy atom. The molecule has 7 nitrogen and oxygen atoms in total. The van der Waals surface area contributed by atoms with Crippen LogP contribution in [0.15, 0.2) is 101 Å². The van der Waals surface area contributed by atoms with Gasteiger partial charge in [-0.3, -0.25) is 9.10 Å². The molecule has 208 valence electrons. The number of ether oxygens (including phenoxy) is 2. The van der Waals surface area contributed by atoms with E-state index in [1.807, 2.05) is 43.3 Å². The number of sulfonamides is 1. The van der Waals surface area contributed by atoms with Gasteiger partial charge in [0, 0.05) is 27.4 Å². The van der Waals surface area contributed by atoms with Gasteiger partial charge in [0.1, 0.15) is 6.54 Å². The second-order valence-electron chi connectivity index (χ2n) is 8.80. The number of halogens is 1. The number of anilines is 2. The fourth-order valence-corrected chi connectivity index (χ4v) is 6.41. The van der Waals surface area contributed by atoms with Gasteiger partial charge in [0.05, 0.1) is 24.8 Å². The molecule has 0 fully saturated rings. The Bertz CT molecular complexity index is 1580. The van der Waals surface area contributed by atoms with Crippen molar-refractivity contribution >= 4 is 50.7 Å². The molecule has 0 aliphatic carbocycles. The summed E-state index contributed by atoms with van der Waals surface area (Å²) in [7, 11) is -1.28. The zero-order valence-corrected chi connectivity index (χ0v) is 24.6. The van der Waals surface area contributed by atoms with Crippen molar-refractivity contribution in [2.45, 2.75) is 22.5 Å². The molecular formula is C30H29ClN2O5S2. The first-order valence-corrected chi connectivity index (χ1v) is 15.1. The molecule has 0 radical (unpaired) electrons. The molecule has 0 saturated heterocycles. The highest BCUT2D eigenvalue weighted by atomic mass is 35.5. The highest BCUT2D eigenvalue weighted by molar-refractivity contribution is 7.98. The number of aryl methyl sites for hydroxylation is 1. The lowest BCUT2D eigenvalue weighted by Crippen LogP contribution is -2.38. The molecule has 0 spiro atoms. The van der Waals surface area contributed by atoms with Crippen molar-refractivity contribution in [2.75, 3.05) is 30.4 Å². The van der Waals surface area contributed by atoms with Gasteiger partial charge < -0.3 is 14.8 Å². The predicted octanol–water partition coefficient (Wildman–Crippen LogP) is 6.79. The van der Waals surface area contributed by atoms with E-state index in [1.54, 1.807) is 36.0 Å². The molecule has 1 N–H and O–H groups in total. The smallest absolute Gasteiger partial charge is 0.264 e. The predicted molar refractivity (Wildman–Crippen MR) is 161 cm³/mol. The largest absolute Gasteiger partial charge is 0.493 e. The van der Waals surface area contributed by atoms with Crippen molar-refractivity contribution in [3.8, 4) is 11.5 Å². The topological polar surface area (TPSA) is 84.9 Å². The minimum absolute atomic E-state index is 0.0515. The third kappa shape index (κ3) is 7.10. The van der Waals surface area contributed by atoms with E-state index < -0.39 is 22.5 Å². The average Bonchev–Trinajstić information content (AvgIpc) is 2.96. The number of carbonyl (C=O) groups is 1. The number of nitrogens with zero attached hydrogens (tertiary/aromatic N) is 1. The Balaban J connectivity index is 1.55. The van der Waals surface area contributed by atoms with Crippen LogP contribution in [0.4, 0.5) is 11.4 Å². The van der Waals surface area contributed by atoms with Gasteiger partial charge in [-0.15, -0.1) is 11.8 Å². The van der Waals surface area contributed by atoms with Crippen LogP contribution in [0.1, 0.15) is 11.1 Å². The lowest BCUT2D eigenvalue weighted by molar-refractivity contribution is -0.114. The molecule has 4 aromatic rings. The molecule has 40 heavy (non-hydrogen) atoms. The summed E-state index contributed by atoms with van der Waals surface area (Å²) in [5.74, 6) is 0.935. The number of benzene rings is 4. The average molecular weight is 597 g/mol. The molecule has 0 unspecified atom stereocenters. The Hall–Kier alpha value is -3.66. The number of amides is 1. The SMILES string of the molecule is COc1ccc(S(=O)(=O)N(CC(=O)Nc2ccc(CSc3ccccc3)cc2C)c2ccc(Cl)cc2)cc1OC. The maximum Gasteiger partial charge on any atom is 0.264 e. The van der Waals surface area contributed by atoms with E-state index in [9.17, 15) is 13.2 Å². The third-order valence-electron chi connectivity index (χ3n) is 6.06. The number of rotatable bonds is 11. The highest BCUT2D eigenvalue weighted by Crippen LogP contribution is 2.33. The molecule has 0 heterocycles. The normalized spacial score (nSPS) is 11.1. The molecule has 1 amide bonds. The van der Waals surface area contributed by atoms with Crippen molar-refractivity contribution in [2.24, 2.45) is 0 Å². The van der Waals surface area contributed by atoms with Gasteiger partial charge in [-0.25, -0.2) is 8.42 Å². The summed E-state index contributed by atoms with van der Waals surface area (Å²) in [6, 6.07) is 26.5. The van der Waals surface area contributed by atoms with E-state index in [-0.39, 0.29) is 10.6 Å². The van der Waals surface area contributed by atoms with Gasteiger partial charge in [0.15, 0.2) is 11.5 Å². The molecule has 0 saturated carbocycles. The number of hydrogen-bond donors (Lipinski definition) is 1. The first-order valence-electron chi connectivity index (χ1n) is 12.3. The van der Waals surface area contributed by atoms with Crippen LogP contribution >= 0.6 is 23.4 Å². The van der Waals surface area contributed by atoms with Crippen LogP contribution in [0.2, 0.25) is 5.02 Å². The van der Waals surface area contributed by atoms with Crippen LogP contribution < -0.4 is 19.1 Å². The monoisotopic (exact) mass is 596 g/mol. The molecule has 4 aromatic carbocycles. The molecule has 10 heteroatoms. The summed E-state index contributed by atoms with van der Waals surface area (Å²) in [6.07, 6.45) is 0. The van der Waals surface area contributed by atoms with E-state index in [0.717, 1.165) is 21.2 Å².